The van der Waals surface area contributed by atoms with Crippen LogP contribution >= 0.6 is 0 Å². The predicted molar refractivity (Wildman–Crippen MR) is 118 cm³/mol. The minimum Gasteiger partial charge on any atom is -0.461 e. The highest BCUT2D eigenvalue weighted by molar-refractivity contribution is 6.60. The van der Waals surface area contributed by atoms with Crippen molar-refractivity contribution in [3.05, 3.63) is 12.7 Å². The van der Waals surface area contributed by atoms with Gasteiger partial charge in [0, 0.05) is 40.0 Å². The summed E-state index contributed by atoms with van der Waals surface area (Å²) in [6.45, 7) is 4.98. The summed E-state index contributed by atoms with van der Waals surface area (Å²) >= 11 is 0. The zero-order valence-corrected chi connectivity index (χ0v) is 20.6. The minimum absolute atomic E-state index is 0.0261. The maximum Gasteiger partial charge on any atom is 0.500 e. The van der Waals surface area contributed by atoms with Crippen molar-refractivity contribution in [3.63, 3.8) is 0 Å². The van der Waals surface area contributed by atoms with Gasteiger partial charge in [0.2, 0.25) is 0 Å². The average Bonchev–Trinajstić information content (AvgIpc) is 2.83. The molecule has 13 nitrogen and oxygen atoms in total. The molecule has 0 aromatic rings. The van der Waals surface area contributed by atoms with Crippen LogP contribution in [0.1, 0.15) is 6.42 Å². The number of alkyl carbamates (subject to hydrolysis) is 2. The van der Waals surface area contributed by atoms with Crippen LogP contribution < -0.4 is 10.6 Å². The third-order valence-electron chi connectivity index (χ3n) is 3.94. The topological polar surface area (TPSA) is 149 Å². The van der Waals surface area contributed by atoms with Gasteiger partial charge in [-0.05, 0) is 6.42 Å². The van der Waals surface area contributed by atoms with Gasteiger partial charge in [-0.15, -0.1) is 0 Å². The molecule has 0 aliphatic heterocycles. The van der Waals surface area contributed by atoms with Crippen molar-refractivity contribution in [1.29, 1.82) is 0 Å². The van der Waals surface area contributed by atoms with Gasteiger partial charge in [-0.3, -0.25) is 0 Å². The van der Waals surface area contributed by atoms with Crippen LogP contribution in [0.15, 0.2) is 12.7 Å². The fourth-order valence-corrected chi connectivity index (χ4v) is 3.95. The monoisotopic (exact) mass is 496 g/mol. The Kier molecular flexibility index (Phi) is 19.0. The van der Waals surface area contributed by atoms with E-state index < -0.39 is 27.0 Å². The van der Waals surface area contributed by atoms with E-state index in [0.717, 1.165) is 6.08 Å². The Balaban J connectivity index is 3.46. The predicted octanol–water partition coefficient (Wildman–Crippen LogP) is 0.469. The highest BCUT2D eigenvalue weighted by Gasteiger charge is 2.36. The molecule has 0 fully saturated rings. The van der Waals surface area contributed by atoms with E-state index in [1.807, 2.05) is 0 Å². The van der Waals surface area contributed by atoms with Crippen LogP contribution in [0, 0.1) is 0 Å². The number of hydrogen-bond donors (Lipinski definition) is 2. The molecule has 192 valence electrons. The Bertz CT molecular complexity index is 554. The fraction of sp³-hybridized carbons (Fsp3) is 0.737. The van der Waals surface area contributed by atoms with Crippen LogP contribution in [0.25, 0.3) is 0 Å². The van der Waals surface area contributed by atoms with Crippen LogP contribution in [-0.4, -0.2) is 108 Å². The SMILES string of the molecule is C=CC(=O)OCCNC(=O)OCCOCCOCCOC(=O)NCCC[Si](OC)(OC)OC. The maximum absolute atomic E-state index is 11.6. The van der Waals surface area contributed by atoms with E-state index in [1.165, 1.54) is 21.3 Å². The van der Waals surface area contributed by atoms with Crippen molar-refractivity contribution in [2.75, 3.05) is 80.7 Å². The lowest BCUT2D eigenvalue weighted by Crippen LogP contribution is -2.43. The Hall–Kier alpha value is -2.23. The van der Waals surface area contributed by atoms with E-state index in [1.54, 1.807) is 0 Å². The third kappa shape index (κ3) is 17.0. The first-order valence-corrected chi connectivity index (χ1v) is 12.3. The molecule has 14 heteroatoms. The lowest BCUT2D eigenvalue weighted by atomic mass is 10.5. The highest BCUT2D eigenvalue weighted by atomic mass is 28.4. The van der Waals surface area contributed by atoms with Crippen molar-refractivity contribution in [1.82, 2.24) is 10.6 Å². The molecule has 0 saturated carbocycles. The van der Waals surface area contributed by atoms with Crippen molar-refractivity contribution in [2.45, 2.75) is 12.5 Å². The summed E-state index contributed by atoms with van der Waals surface area (Å²) in [7, 11) is 1.98. The van der Waals surface area contributed by atoms with Gasteiger partial charge in [-0.2, -0.15) is 0 Å². The normalized spacial score (nSPS) is 10.9. The molecule has 0 aromatic heterocycles. The number of nitrogens with one attached hydrogen (secondary N) is 2. The number of rotatable bonds is 20. The van der Waals surface area contributed by atoms with Crippen LogP contribution in [0.4, 0.5) is 9.59 Å². The molecule has 2 N–H and O–H groups in total. The molecule has 0 bridgehead atoms. The summed E-state index contributed by atoms with van der Waals surface area (Å²) in [4.78, 5) is 33.7. The molecular weight excluding hydrogens is 460 g/mol. The number of carbonyl (C=O) groups excluding carboxylic acids is 3. The number of ether oxygens (including phenoxy) is 5. The molecule has 0 rings (SSSR count). The number of carbonyl (C=O) groups is 3. The first-order valence-electron chi connectivity index (χ1n) is 10.3. The second-order valence-corrected chi connectivity index (χ2v) is 9.21. The van der Waals surface area contributed by atoms with Crippen molar-refractivity contribution >= 4 is 27.0 Å². The molecule has 0 spiro atoms. The summed E-state index contributed by atoms with van der Waals surface area (Å²) in [6, 6.07) is 0.572. The Morgan fingerprint density at radius 1 is 0.727 bits per heavy atom. The van der Waals surface area contributed by atoms with Crippen molar-refractivity contribution < 1.29 is 51.3 Å². The van der Waals surface area contributed by atoms with E-state index >= 15 is 0 Å². The molecule has 0 radical (unpaired) electrons. The van der Waals surface area contributed by atoms with Gasteiger partial charge in [-0.1, -0.05) is 6.58 Å². The Morgan fingerprint density at radius 2 is 1.21 bits per heavy atom. The standard InChI is InChI=1S/C19H36N2O11Si/c1-5-17(22)30-9-8-21-19(24)32-15-13-29-11-10-28-12-14-31-18(23)20-7-6-16-33(25-2,26-3)27-4/h5H,1,6-16H2,2-4H3,(H,20,23)(H,21,24). The molecular formula is C19H36N2O11Si. The minimum atomic E-state index is -2.63. The van der Waals surface area contributed by atoms with Crippen molar-refractivity contribution in [2.24, 2.45) is 0 Å². The number of esters is 1. The lowest BCUT2D eigenvalue weighted by Gasteiger charge is -2.24. The Morgan fingerprint density at radius 3 is 1.70 bits per heavy atom. The van der Waals surface area contributed by atoms with E-state index in [4.69, 9.17) is 32.2 Å². The molecule has 0 aliphatic rings. The summed E-state index contributed by atoms with van der Waals surface area (Å²) in [5.74, 6) is -0.563. The van der Waals surface area contributed by atoms with E-state index in [9.17, 15) is 14.4 Å². The molecule has 0 aromatic carbocycles. The van der Waals surface area contributed by atoms with Gasteiger partial charge in [0.1, 0.15) is 19.8 Å². The molecule has 2 amide bonds. The molecule has 0 saturated heterocycles. The number of hydrogen-bond acceptors (Lipinski definition) is 11. The van der Waals surface area contributed by atoms with Crippen LogP contribution in [0.3, 0.4) is 0 Å². The molecule has 0 atom stereocenters. The van der Waals surface area contributed by atoms with Gasteiger partial charge in [0.05, 0.1) is 33.0 Å². The second-order valence-electron chi connectivity index (χ2n) is 6.12. The lowest BCUT2D eigenvalue weighted by molar-refractivity contribution is -0.137. The highest BCUT2D eigenvalue weighted by Crippen LogP contribution is 2.14. The summed E-state index contributed by atoms with van der Waals surface area (Å²) in [5.41, 5.74) is 0. The van der Waals surface area contributed by atoms with Crippen LogP contribution in [0.2, 0.25) is 6.04 Å². The van der Waals surface area contributed by atoms with Gasteiger partial charge in [0.25, 0.3) is 0 Å². The zero-order chi connectivity index (χ0) is 24.8. The summed E-state index contributed by atoms with van der Waals surface area (Å²) in [5, 5.41) is 5.04. The number of amides is 2. The largest absolute Gasteiger partial charge is 0.500 e. The first-order chi connectivity index (χ1) is 15.9. The first kappa shape index (κ1) is 30.8. The molecule has 0 aliphatic carbocycles. The van der Waals surface area contributed by atoms with E-state index in [-0.39, 0.29) is 39.6 Å². The second kappa shape index (κ2) is 20.4. The van der Waals surface area contributed by atoms with Gasteiger partial charge >= 0.3 is 27.0 Å². The smallest absolute Gasteiger partial charge is 0.461 e. The van der Waals surface area contributed by atoms with E-state index in [0.29, 0.717) is 32.2 Å². The molecule has 0 unspecified atom stereocenters. The zero-order valence-electron chi connectivity index (χ0n) is 19.6. The molecule has 0 heterocycles. The van der Waals surface area contributed by atoms with Crippen LogP contribution in [-0.2, 0) is 41.8 Å². The van der Waals surface area contributed by atoms with Crippen molar-refractivity contribution in [3.8, 4) is 0 Å². The quantitative estimate of drug-likeness (QED) is 0.0796. The summed E-state index contributed by atoms with van der Waals surface area (Å²) < 4.78 is 41.0. The average molecular weight is 497 g/mol. The van der Waals surface area contributed by atoms with Gasteiger partial charge < -0.3 is 47.6 Å². The van der Waals surface area contributed by atoms with Crippen LogP contribution in [0.5, 0.6) is 0 Å². The van der Waals surface area contributed by atoms with E-state index in [2.05, 4.69) is 21.9 Å². The van der Waals surface area contributed by atoms with Gasteiger partial charge in [-0.25, -0.2) is 14.4 Å². The maximum atomic E-state index is 11.6. The fourth-order valence-electron chi connectivity index (χ4n) is 2.23. The summed E-state index contributed by atoms with van der Waals surface area (Å²) in [6.07, 6.45) is 0.481. The van der Waals surface area contributed by atoms with Gasteiger partial charge in [0.15, 0.2) is 0 Å². The third-order valence-corrected chi connectivity index (χ3v) is 6.77. The Labute approximate surface area is 195 Å². The molecule has 33 heavy (non-hydrogen) atoms.